The smallest absolute Gasteiger partial charge is 0.253 e. The van der Waals surface area contributed by atoms with E-state index in [1.165, 1.54) is 11.1 Å². The molecule has 1 heterocycles. The van der Waals surface area contributed by atoms with Gasteiger partial charge in [-0.2, -0.15) is 0 Å². The Labute approximate surface area is 220 Å². The second-order valence-corrected chi connectivity index (χ2v) is 9.80. The number of anilines is 2. The van der Waals surface area contributed by atoms with Crippen LogP contribution in [-0.4, -0.2) is 58.8 Å². The Bertz CT molecular complexity index is 1120. The minimum Gasteiger partial charge on any atom is -0.497 e. The molecule has 4 rings (SSSR count). The van der Waals surface area contributed by atoms with E-state index in [0.29, 0.717) is 23.7 Å². The topological polar surface area (TPSA) is 80.1 Å². The Morgan fingerprint density at radius 1 is 0.946 bits per heavy atom. The first-order valence-electron chi connectivity index (χ1n) is 12.8. The lowest BCUT2D eigenvalue weighted by molar-refractivity contribution is 0.0931. The van der Waals surface area contributed by atoms with Crippen LogP contribution in [0.25, 0.3) is 0 Å². The predicted octanol–water partition coefficient (Wildman–Crippen LogP) is 4.58. The van der Waals surface area contributed by atoms with Crippen LogP contribution in [0.15, 0.2) is 66.7 Å². The van der Waals surface area contributed by atoms with E-state index in [0.717, 1.165) is 43.1 Å². The summed E-state index contributed by atoms with van der Waals surface area (Å²) in [5.74, 6) is 2.01. The standard InChI is InChI=1S/C30H38N4O3/c1-33(2)24-9-14-28(31)27(19-24)30(35)32-20-21-15-17-34(18-16-21)29(22-5-10-25(36-3)11-6-22)23-7-12-26(37-4)13-8-23/h5-14,19,21,29H,15-18,20,31H2,1-4H3,(H,32,35). The van der Waals surface area contributed by atoms with Crippen molar-refractivity contribution in [3.63, 3.8) is 0 Å². The second kappa shape index (κ2) is 12.0. The van der Waals surface area contributed by atoms with Crippen molar-refractivity contribution in [2.24, 2.45) is 5.92 Å². The third kappa shape index (κ3) is 6.35. The highest BCUT2D eigenvalue weighted by Crippen LogP contribution is 2.34. The van der Waals surface area contributed by atoms with Gasteiger partial charge in [0.05, 0.1) is 25.8 Å². The molecular weight excluding hydrogens is 464 g/mol. The quantitative estimate of drug-likeness (QED) is 0.417. The number of rotatable bonds is 9. The number of likely N-dealkylation sites (tertiary alicyclic amines) is 1. The summed E-state index contributed by atoms with van der Waals surface area (Å²) in [6.45, 7) is 2.54. The maximum Gasteiger partial charge on any atom is 0.253 e. The van der Waals surface area contributed by atoms with E-state index < -0.39 is 0 Å². The van der Waals surface area contributed by atoms with Crippen molar-refractivity contribution in [3.8, 4) is 11.5 Å². The third-order valence-electron chi connectivity index (χ3n) is 7.23. The van der Waals surface area contributed by atoms with Crippen molar-refractivity contribution in [1.29, 1.82) is 0 Å². The molecule has 0 atom stereocenters. The zero-order valence-electron chi connectivity index (χ0n) is 22.2. The van der Waals surface area contributed by atoms with Gasteiger partial charge in [0.25, 0.3) is 5.91 Å². The van der Waals surface area contributed by atoms with Crippen molar-refractivity contribution < 1.29 is 14.3 Å². The number of nitrogen functional groups attached to an aromatic ring is 1. The first kappa shape index (κ1) is 26.4. The van der Waals surface area contributed by atoms with Crippen LogP contribution < -0.4 is 25.4 Å². The normalized spacial score (nSPS) is 14.4. The molecule has 196 valence electrons. The van der Waals surface area contributed by atoms with Crippen LogP contribution in [0.3, 0.4) is 0 Å². The lowest BCUT2D eigenvalue weighted by Crippen LogP contribution is -2.40. The van der Waals surface area contributed by atoms with Crippen LogP contribution in [0.4, 0.5) is 11.4 Å². The zero-order valence-corrected chi connectivity index (χ0v) is 22.2. The highest BCUT2D eigenvalue weighted by Gasteiger charge is 2.28. The van der Waals surface area contributed by atoms with Crippen LogP contribution in [0.2, 0.25) is 0 Å². The van der Waals surface area contributed by atoms with Gasteiger partial charge in [0.1, 0.15) is 11.5 Å². The molecule has 1 fully saturated rings. The number of methoxy groups -OCH3 is 2. The highest BCUT2D eigenvalue weighted by molar-refractivity contribution is 6.00. The molecule has 7 nitrogen and oxygen atoms in total. The van der Waals surface area contributed by atoms with Crippen LogP contribution >= 0.6 is 0 Å². The van der Waals surface area contributed by atoms with E-state index in [1.54, 1.807) is 20.3 Å². The van der Waals surface area contributed by atoms with Gasteiger partial charge in [-0.1, -0.05) is 24.3 Å². The molecule has 0 aromatic heterocycles. The summed E-state index contributed by atoms with van der Waals surface area (Å²) in [4.78, 5) is 17.4. The zero-order chi connectivity index (χ0) is 26.4. The molecule has 0 bridgehead atoms. The molecule has 1 amide bonds. The van der Waals surface area contributed by atoms with Gasteiger partial charge in [-0.05, 0) is 85.4 Å². The summed E-state index contributed by atoms with van der Waals surface area (Å²) in [5.41, 5.74) is 10.5. The molecule has 0 saturated carbocycles. The molecule has 37 heavy (non-hydrogen) atoms. The average molecular weight is 503 g/mol. The number of carbonyl (C=O) groups is 1. The van der Waals surface area contributed by atoms with Gasteiger partial charge in [0, 0.05) is 32.0 Å². The van der Waals surface area contributed by atoms with Crippen molar-refractivity contribution in [1.82, 2.24) is 10.2 Å². The Morgan fingerprint density at radius 3 is 1.97 bits per heavy atom. The van der Waals surface area contributed by atoms with E-state index >= 15 is 0 Å². The molecule has 1 aliphatic heterocycles. The SMILES string of the molecule is COc1ccc(C(c2ccc(OC)cc2)N2CCC(CNC(=O)c3cc(N(C)C)ccc3N)CC2)cc1. The van der Waals surface area contributed by atoms with Crippen molar-refractivity contribution >= 4 is 17.3 Å². The Hall–Kier alpha value is -3.71. The number of hydrogen-bond donors (Lipinski definition) is 2. The van der Waals surface area contributed by atoms with E-state index in [9.17, 15) is 4.79 Å². The lowest BCUT2D eigenvalue weighted by atomic mass is 9.91. The average Bonchev–Trinajstić information content (AvgIpc) is 2.93. The van der Waals surface area contributed by atoms with Gasteiger partial charge in [0.15, 0.2) is 0 Å². The largest absolute Gasteiger partial charge is 0.497 e. The fourth-order valence-corrected chi connectivity index (χ4v) is 4.95. The number of piperidine rings is 1. The van der Waals surface area contributed by atoms with E-state index in [-0.39, 0.29) is 11.9 Å². The second-order valence-electron chi connectivity index (χ2n) is 9.80. The van der Waals surface area contributed by atoms with Crippen molar-refractivity contribution in [2.45, 2.75) is 18.9 Å². The van der Waals surface area contributed by atoms with E-state index in [1.807, 2.05) is 55.4 Å². The number of nitrogens with two attached hydrogens (primary N) is 1. The first-order valence-corrected chi connectivity index (χ1v) is 12.8. The fourth-order valence-electron chi connectivity index (χ4n) is 4.95. The monoisotopic (exact) mass is 502 g/mol. The maximum absolute atomic E-state index is 12.9. The number of benzene rings is 3. The van der Waals surface area contributed by atoms with Crippen LogP contribution in [0.1, 0.15) is 40.4 Å². The predicted molar refractivity (Wildman–Crippen MR) is 150 cm³/mol. The van der Waals surface area contributed by atoms with Crippen LogP contribution in [-0.2, 0) is 0 Å². The fraction of sp³-hybridized carbons (Fsp3) is 0.367. The molecule has 7 heteroatoms. The highest BCUT2D eigenvalue weighted by atomic mass is 16.5. The summed E-state index contributed by atoms with van der Waals surface area (Å²) in [6, 6.07) is 22.4. The lowest BCUT2D eigenvalue weighted by Gasteiger charge is -2.38. The number of hydrogen-bond acceptors (Lipinski definition) is 6. The number of ether oxygens (including phenoxy) is 2. The minimum absolute atomic E-state index is 0.113. The van der Waals surface area contributed by atoms with Gasteiger partial charge in [-0.15, -0.1) is 0 Å². The van der Waals surface area contributed by atoms with Gasteiger partial charge in [0.2, 0.25) is 0 Å². The number of carbonyl (C=O) groups excluding carboxylic acids is 1. The summed E-state index contributed by atoms with van der Waals surface area (Å²) >= 11 is 0. The van der Waals surface area contributed by atoms with Crippen LogP contribution in [0.5, 0.6) is 11.5 Å². The van der Waals surface area contributed by atoms with Gasteiger partial charge in [-0.25, -0.2) is 0 Å². The van der Waals surface area contributed by atoms with Gasteiger partial charge < -0.3 is 25.4 Å². The van der Waals surface area contributed by atoms with Crippen LogP contribution in [0, 0.1) is 5.92 Å². The Kier molecular flexibility index (Phi) is 8.56. The summed E-state index contributed by atoms with van der Waals surface area (Å²) in [7, 11) is 7.28. The molecule has 3 aromatic carbocycles. The molecule has 1 aliphatic rings. The molecule has 0 spiro atoms. The van der Waals surface area contributed by atoms with Crippen molar-refractivity contribution in [3.05, 3.63) is 83.4 Å². The Morgan fingerprint density at radius 2 is 1.49 bits per heavy atom. The number of amides is 1. The molecule has 0 radical (unpaired) electrons. The molecular formula is C30H38N4O3. The Balaban J connectivity index is 1.41. The molecule has 1 saturated heterocycles. The summed E-state index contributed by atoms with van der Waals surface area (Å²) < 4.78 is 10.7. The number of nitrogens with zero attached hydrogens (tertiary/aromatic N) is 2. The third-order valence-corrected chi connectivity index (χ3v) is 7.23. The van der Waals surface area contributed by atoms with Crippen molar-refractivity contribution in [2.75, 3.05) is 58.6 Å². The number of nitrogens with one attached hydrogen (secondary N) is 1. The molecule has 0 unspecified atom stereocenters. The molecule has 3 N–H and O–H groups in total. The minimum atomic E-state index is -0.113. The van der Waals surface area contributed by atoms with Gasteiger partial charge >= 0.3 is 0 Å². The van der Waals surface area contributed by atoms with E-state index in [2.05, 4.69) is 34.5 Å². The summed E-state index contributed by atoms with van der Waals surface area (Å²) in [6.07, 6.45) is 2.02. The van der Waals surface area contributed by atoms with E-state index in [4.69, 9.17) is 15.2 Å². The first-order chi connectivity index (χ1) is 17.9. The molecule has 0 aliphatic carbocycles. The summed E-state index contributed by atoms with van der Waals surface area (Å²) in [5, 5.41) is 3.12. The maximum atomic E-state index is 12.9. The molecule has 3 aromatic rings. The van der Waals surface area contributed by atoms with Gasteiger partial charge in [-0.3, -0.25) is 9.69 Å².